The van der Waals surface area contributed by atoms with Crippen molar-refractivity contribution >= 4 is 0 Å². The maximum absolute atomic E-state index is 10.6. The Morgan fingerprint density at radius 2 is 0.974 bits per heavy atom. The van der Waals surface area contributed by atoms with E-state index in [0.29, 0.717) is 6.61 Å². The van der Waals surface area contributed by atoms with Crippen LogP contribution in [0.15, 0.2) is 0 Å². The zero-order valence-corrected chi connectivity index (χ0v) is 23.6. The maximum Gasteiger partial charge on any atom is 0.187 e. The average molecular weight is 567 g/mol. The van der Waals surface area contributed by atoms with Gasteiger partial charge in [0.15, 0.2) is 12.6 Å². The van der Waals surface area contributed by atoms with Crippen molar-refractivity contribution < 1.29 is 54.7 Å². The molecule has 232 valence electrons. The number of aliphatic hydroxyl groups excluding tert-OH is 7. The SMILES string of the molecule is CCCCCCCCCCCCCCCCO[C@@H]1O[C@H](CO)[C@H](O[C@@H]2O[C@H](CO)[C@H](O)[C@H](O)[C@@H]2O)[C@H](O)[C@H]1O. The number of rotatable bonds is 20. The highest BCUT2D eigenvalue weighted by atomic mass is 16.7. The molecular formula is C28H54O11. The minimum absolute atomic E-state index is 0.322. The second kappa shape index (κ2) is 19.6. The van der Waals surface area contributed by atoms with Crippen LogP contribution >= 0.6 is 0 Å². The molecule has 2 aliphatic rings. The summed E-state index contributed by atoms with van der Waals surface area (Å²) in [4.78, 5) is 0. The quantitative estimate of drug-likeness (QED) is 0.105. The van der Waals surface area contributed by atoms with E-state index < -0.39 is 74.6 Å². The van der Waals surface area contributed by atoms with Gasteiger partial charge in [0.05, 0.1) is 13.2 Å². The third-order valence-corrected chi connectivity index (χ3v) is 7.74. The molecule has 10 atom stereocenters. The van der Waals surface area contributed by atoms with Crippen LogP contribution in [-0.2, 0) is 18.9 Å². The molecule has 2 heterocycles. The van der Waals surface area contributed by atoms with E-state index in [9.17, 15) is 35.7 Å². The summed E-state index contributed by atoms with van der Waals surface area (Å²) in [6.45, 7) is 1.34. The molecule has 0 saturated carbocycles. The lowest BCUT2D eigenvalue weighted by atomic mass is 9.97. The van der Waals surface area contributed by atoms with Crippen molar-refractivity contribution in [3.8, 4) is 0 Å². The van der Waals surface area contributed by atoms with Gasteiger partial charge in [-0.2, -0.15) is 0 Å². The van der Waals surface area contributed by atoms with Crippen LogP contribution in [0.2, 0.25) is 0 Å². The summed E-state index contributed by atoms with van der Waals surface area (Å²) in [6.07, 6.45) is 2.97. The standard InChI is InChI=1S/C28H54O11/c1-2-3-4-5-6-7-8-9-10-11-12-13-14-15-16-36-27-25(35)23(33)26(20(18-30)38-27)39-28-24(34)22(32)21(31)19(17-29)37-28/h19-35H,2-18H2,1H3/t19-,20-,21+,22+,23-,24+,25-,26+,27-,28+/m1/s1. The number of hydrogen-bond acceptors (Lipinski definition) is 11. The molecule has 2 saturated heterocycles. The molecule has 39 heavy (non-hydrogen) atoms. The topological polar surface area (TPSA) is 179 Å². The maximum atomic E-state index is 10.6. The Balaban J connectivity index is 1.62. The molecule has 0 amide bonds. The van der Waals surface area contributed by atoms with Crippen LogP contribution in [0, 0.1) is 0 Å². The molecule has 2 rings (SSSR count). The van der Waals surface area contributed by atoms with E-state index in [1.807, 2.05) is 0 Å². The second-order valence-electron chi connectivity index (χ2n) is 11.0. The van der Waals surface area contributed by atoms with Crippen molar-refractivity contribution in [3.63, 3.8) is 0 Å². The molecule has 0 aromatic heterocycles. The van der Waals surface area contributed by atoms with Crippen LogP contribution in [0.1, 0.15) is 96.8 Å². The molecule has 11 heteroatoms. The Kier molecular flexibility index (Phi) is 17.5. The smallest absolute Gasteiger partial charge is 0.187 e. The highest BCUT2D eigenvalue weighted by Gasteiger charge is 2.50. The first-order valence-corrected chi connectivity index (χ1v) is 15.1. The first kappa shape index (κ1) is 34.8. The highest BCUT2D eigenvalue weighted by Crippen LogP contribution is 2.29. The number of ether oxygens (including phenoxy) is 4. The predicted octanol–water partition coefficient (Wildman–Crippen LogP) is 1.11. The zero-order valence-electron chi connectivity index (χ0n) is 23.6. The van der Waals surface area contributed by atoms with Crippen molar-refractivity contribution in [2.24, 2.45) is 0 Å². The summed E-state index contributed by atoms with van der Waals surface area (Å²) in [6, 6.07) is 0. The van der Waals surface area contributed by atoms with E-state index >= 15 is 0 Å². The van der Waals surface area contributed by atoms with E-state index in [2.05, 4.69) is 6.92 Å². The van der Waals surface area contributed by atoms with Crippen molar-refractivity contribution in [1.82, 2.24) is 0 Å². The van der Waals surface area contributed by atoms with Gasteiger partial charge >= 0.3 is 0 Å². The molecule has 0 aliphatic carbocycles. The third-order valence-electron chi connectivity index (χ3n) is 7.74. The predicted molar refractivity (Wildman–Crippen MR) is 143 cm³/mol. The van der Waals surface area contributed by atoms with E-state index in [-0.39, 0.29) is 0 Å². The fraction of sp³-hybridized carbons (Fsp3) is 1.00. The largest absolute Gasteiger partial charge is 0.394 e. The fourth-order valence-corrected chi connectivity index (χ4v) is 5.19. The molecule has 2 aliphatic heterocycles. The van der Waals surface area contributed by atoms with Gasteiger partial charge in [-0.15, -0.1) is 0 Å². The summed E-state index contributed by atoms with van der Waals surface area (Å²) < 4.78 is 22.1. The number of unbranched alkanes of at least 4 members (excludes halogenated alkanes) is 13. The Morgan fingerprint density at radius 1 is 0.513 bits per heavy atom. The zero-order chi connectivity index (χ0) is 28.6. The van der Waals surface area contributed by atoms with Gasteiger partial charge in [0, 0.05) is 6.61 Å². The van der Waals surface area contributed by atoms with Crippen molar-refractivity contribution in [1.29, 1.82) is 0 Å². The van der Waals surface area contributed by atoms with Crippen LogP contribution in [0.5, 0.6) is 0 Å². The average Bonchev–Trinajstić information content (AvgIpc) is 2.94. The molecule has 0 bridgehead atoms. The van der Waals surface area contributed by atoms with E-state index in [1.54, 1.807) is 0 Å². The molecule has 11 nitrogen and oxygen atoms in total. The van der Waals surface area contributed by atoms with Crippen LogP contribution in [0.4, 0.5) is 0 Å². The van der Waals surface area contributed by atoms with Gasteiger partial charge in [0.1, 0.15) is 48.8 Å². The fourth-order valence-electron chi connectivity index (χ4n) is 5.19. The summed E-state index contributed by atoms with van der Waals surface area (Å²) in [5.74, 6) is 0. The van der Waals surface area contributed by atoms with Gasteiger partial charge in [-0.3, -0.25) is 0 Å². The summed E-state index contributed by atoms with van der Waals surface area (Å²) in [7, 11) is 0. The van der Waals surface area contributed by atoms with Gasteiger partial charge in [-0.1, -0.05) is 90.4 Å². The van der Waals surface area contributed by atoms with Crippen LogP contribution in [0.3, 0.4) is 0 Å². The molecule has 0 spiro atoms. The second-order valence-corrected chi connectivity index (χ2v) is 11.0. The molecule has 0 aromatic rings. The first-order valence-electron chi connectivity index (χ1n) is 15.1. The lowest BCUT2D eigenvalue weighted by Gasteiger charge is -2.45. The van der Waals surface area contributed by atoms with Crippen LogP contribution < -0.4 is 0 Å². The van der Waals surface area contributed by atoms with Crippen LogP contribution in [0.25, 0.3) is 0 Å². The lowest BCUT2D eigenvalue weighted by molar-refractivity contribution is -0.359. The van der Waals surface area contributed by atoms with Gasteiger partial charge in [-0.25, -0.2) is 0 Å². The minimum atomic E-state index is -1.69. The number of aliphatic hydroxyl groups is 7. The third kappa shape index (κ3) is 11.4. The molecule has 0 aromatic carbocycles. The van der Waals surface area contributed by atoms with E-state index in [0.717, 1.165) is 19.3 Å². The molecule has 0 unspecified atom stereocenters. The Hall–Kier alpha value is -0.440. The lowest BCUT2D eigenvalue weighted by Crippen LogP contribution is -2.64. The Bertz CT molecular complexity index is 608. The van der Waals surface area contributed by atoms with Crippen molar-refractivity contribution in [2.45, 2.75) is 158 Å². The first-order chi connectivity index (χ1) is 18.8. The van der Waals surface area contributed by atoms with Gasteiger partial charge in [0.25, 0.3) is 0 Å². The van der Waals surface area contributed by atoms with Gasteiger partial charge in [0.2, 0.25) is 0 Å². The van der Waals surface area contributed by atoms with Gasteiger partial charge < -0.3 is 54.7 Å². The minimum Gasteiger partial charge on any atom is -0.394 e. The van der Waals surface area contributed by atoms with Gasteiger partial charge in [-0.05, 0) is 6.42 Å². The molecular weight excluding hydrogens is 512 g/mol. The normalized spacial score (nSPS) is 35.4. The highest BCUT2D eigenvalue weighted by molar-refractivity contribution is 4.94. The number of hydrogen-bond donors (Lipinski definition) is 7. The molecule has 2 fully saturated rings. The van der Waals surface area contributed by atoms with Crippen LogP contribution in [-0.4, -0.2) is 117 Å². The monoisotopic (exact) mass is 566 g/mol. The van der Waals surface area contributed by atoms with E-state index in [4.69, 9.17) is 18.9 Å². The summed E-state index contributed by atoms with van der Waals surface area (Å²) >= 11 is 0. The van der Waals surface area contributed by atoms with E-state index in [1.165, 1.54) is 70.6 Å². The van der Waals surface area contributed by atoms with Crippen molar-refractivity contribution in [2.75, 3.05) is 19.8 Å². The summed E-state index contributed by atoms with van der Waals surface area (Å²) in [5, 5.41) is 70.4. The van der Waals surface area contributed by atoms with Crippen molar-refractivity contribution in [3.05, 3.63) is 0 Å². The Morgan fingerprint density at radius 3 is 1.49 bits per heavy atom. The summed E-state index contributed by atoms with van der Waals surface area (Å²) in [5.41, 5.74) is 0. The molecule has 0 radical (unpaired) electrons. The Labute approximate surface area is 233 Å². The molecule has 7 N–H and O–H groups in total.